The molecule has 0 aliphatic heterocycles. The summed E-state index contributed by atoms with van der Waals surface area (Å²) in [4.78, 5) is 29.7. The number of anilines is 1. The molecule has 1 N–H and O–H groups in total. The molecule has 0 spiro atoms. The highest BCUT2D eigenvalue weighted by Gasteiger charge is 2.14. The van der Waals surface area contributed by atoms with Crippen molar-refractivity contribution in [2.24, 2.45) is 0 Å². The topological polar surface area (TPSA) is 85.6 Å². The van der Waals surface area contributed by atoms with Gasteiger partial charge < -0.3 is 0 Å². The summed E-state index contributed by atoms with van der Waals surface area (Å²) >= 11 is 2.86. The fourth-order valence-corrected chi connectivity index (χ4v) is 3.07. The Morgan fingerprint density at radius 2 is 2.23 bits per heavy atom. The SMILES string of the molecule is CSc1nccc(-c2sc(NC(=O)n3ccnc3)nc2C)n1. The van der Waals surface area contributed by atoms with Crippen LogP contribution in [0, 0.1) is 6.92 Å². The normalized spacial score (nSPS) is 10.6. The first-order chi connectivity index (χ1) is 10.7. The van der Waals surface area contributed by atoms with Crippen molar-refractivity contribution in [3.63, 3.8) is 0 Å². The van der Waals surface area contributed by atoms with Crippen LogP contribution in [0.5, 0.6) is 0 Å². The Morgan fingerprint density at radius 1 is 1.36 bits per heavy atom. The Kier molecular flexibility index (Phi) is 4.16. The average Bonchev–Trinajstić information content (AvgIpc) is 3.17. The minimum atomic E-state index is -0.301. The Morgan fingerprint density at radius 3 is 2.95 bits per heavy atom. The van der Waals surface area contributed by atoms with Crippen LogP contribution in [0.3, 0.4) is 0 Å². The molecular formula is C13H12N6OS2. The van der Waals surface area contributed by atoms with Gasteiger partial charge in [-0.15, -0.1) is 0 Å². The lowest BCUT2D eigenvalue weighted by atomic mass is 10.3. The van der Waals surface area contributed by atoms with Crippen molar-refractivity contribution in [1.82, 2.24) is 24.5 Å². The zero-order valence-corrected chi connectivity index (χ0v) is 13.5. The zero-order valence-electron chi connectivity index (χ0n) is 11.8. The van der Waals surface area contributed by atoms with Gasteiger partial charge in [-0.3, -0.25) is 9.88 Å². The van der Waals surface area contributed by atoms with Crippen molar-refractivity contribution >= 4 is 34.3 Å². The molecule has 3 rings (SSSR count). The Hall–Kier alpha value is -2.26. The molecule has 0 aromatic carbocycles. The van der Waals surface area contributed by atoms with Crippen molar-refractivity contribution in [3.8, 4) is 10.6 Å². The summed E-state index contributed by atoms with van der Waals surface area (Å²) in [5, 5.41) is 3.97. The van der Waals surface area contributed by atoms with E-state index in [-0.39, 0.29) is 6.03 Å². The summed E-state index contributed by atoms with van der Waals surface area (Å²) in [6.45, 7) is 1.89. The zero-order chi connectivity index (χ0) is 15.5. The van der Waals surface area contributed by atoms with E-state index in [0.29, 0.717) is 10.3 Å². The molecule has 0 bridgehead atoms. The number of carbonyl (C=O) groups excluding carboxylic acids is 1. The van der Waals surface area contributed by atoms with E-state index < -0.39 is 0 Å². The van der Waals surface area contributed by atoms with Gasteiger partial charge in [-0.25, -0.2) is 24.7 Å². The number of nitrogens with one attached hydrogen (secondary N) is 1. The molecule has 7 nitrogen and oxygen atoms in total. The van der Waals surface area contributed by atoms with Gasteiger partial charge in [-0.05, 0) is 19.2 Å². The maximum absolute atomic E-state index is 12.0. The molecule has 0 fully saturated rings. The number of thioether (sulfide) groups is 1. The van der Waals surface area contributed by atoms with Gasteiger partial charge in [-0.2, -0.15) is 0 Å². The van der Waals surface area contributed by atoms with Crippen molar-refractivity contribution < 1.29 is 4.79 Å². The number of amides is 1. The summed E-state index contributed by atoms with van der Waals surface area (Å²) in [6.07, 6.45) is 8.20. The third-order valence-corrected chi connectivity index (χ3v) is 4.46. The van der Waals surface area contributed by atoms with Crippen molar-refractivity contribution in [3.05, 3.63) is 36.7 Å². The van der Waals surface area contributed by atoms with Crippen LogP contribution < -0.4 is 5.32 Å². The molecule has 0 radical (unpaired) electrons. The summed E-state index contributed by atoms with van der Waals surface area (Å²) in [6, 6.07) is 1.53. The highest BCUT2D eigenvalue weighted by molar-refractivity contribution is 7.98. The Bertz CT molecular complexity index is 799. The van der Waals surface area contributed by atoms with Crippen LogP contribution in [0.2, 0.25) is 0 Å². The molecule has 3 heterocycles. The van der Waals surface area contributed by atoms with Crippen molar-refractivity contribution in [1.29, 1.82) is 0 Å². The highest BCUT2D eigenvalue weighted by Crippen LogP contribution is 2.32. The number of hydrogen-bond donors (Lipinski definition) is 1. The molecule has 0 atom stereocenters. The molecule has 0 aliphatic rings. The lowest BCUT2D eigenvalue weighted by Gasteiger charge is -2.00. The monoisotopic (exact) mass is 332 g/mol. The van der Waals surface area contributed by atoms with E-state index in [1.165, 1.54) is 34.0 Å². The number of hydrogen-bond acceptors (Lipinski definition) is 7. The predicted molar refractivity (Wildman–Crippen MR) is 86.3 cm³/mol. The van der Waals surface area contributed by atoms with Crippen LogP contribution in [-0.4, -0.2) is 36.8 Å². The summed E-state index contributed by atoms with van der Waals surface area (Å²) in [7, 11) is 0. The van der Waals surface area contributed by atoms with Crippen LogP contribution in [0.4, 0.5) is 9.93 Å². The summed E-state index contributed by atoms with van der Waals surface area (Å²) < 4.78 is 1.35. The fourth-order valence-electron chi connectivity index (χ4n) is 1.79. The maximum Gasteiger partial charge on any atom is 0.333 e. The second-order valence-corrected chi connectivity index (χ2v) is 6.03. The molecule has 3 aromatic rings. The van der Waals surface area contributed by atoms with Gasteiger partial charge in [-0.1, -0.05) is 23.1 Å². The first-order valence-electron chi connectivity index (χ1n) is 6.31. The Balaban J connectivity index is 1.86. The number of carbonyl (C=O) groups is 1. The number of thiazole rings is 1. The van der Waals surface area contributed by atoms with E-state index in [2.05, 4.69) is 25.3 Å². The second-order valence-electron chi connectivity index (χ2n) is 4.26. The number of nitrogens with zero attached hydrogens (tertiary/aromatic N) is 5. The van der Waals surface area contributed by atoms with Gasteiger partial charge >= 0.3 is 6.03 Å². The van der Waals surface area contributed by atoms with E-state index in [1.807, 2.05) is 19.2 Å². The van der Waals surface area contributed by atoms with Gasteiger partial charge in [0.25, 0.3) is 0 Å². The number of rotatable bonds is 3. The predicted octanol–water partition coefficient (Wildman–Crippen LogP) is 2.91. The fraction of sp³-hybridized carbons (Fsp3) is 0.154. The van der Waals surface area contributed by atoms with Crippen LogP contribution in [-0.2, 0) is 0 Å². The minimum Gasteiger partial charge on any atom is -0.283 e. The van der Waals surface area contributed by atoms with Gasteiger partial charge in [0.2, 0.25) is 0 Å². The molecule has 9 heteroatoms. The van der Waals surface area contributed by atoms with E-state index >= 15 is 0 Å². The molecule has 22 heavy (non-hydrogen) atoms. The van der Waals surface area contributed by atoms with Gasteiger partial charge in [0.15, 0.2) is 10.3 Å². The second kappa shape index (κ2) is 6.24. The van der Waals surface area contributed by atoms with Gasteiger partial charge in [0, 0.05) is 18.6 Å². The van der Waals surface area contributed by atoms with Crippen LogP contribution >= 0.6 is 23.1 Å². The third kappa shape index (κ3) is 3.00. The minimum absolute atomic E-state index is 0.301. The van der Waals surface area contributed by atoms with Crippen LogP contribution in [0.15, 0.2) is 36.1 Å². The van der Waals surface area contributed by atoms with Gasteiger partial charge in [0.05, 0.1) is 16.3 Å². The number of imidazole rings is 1. The van der Waals surface area contributed by atoms with E-state index in [0.717, 1.165) is 16.3 Å². The molecule has 0 saturated heterocycles. The van der Waals surface area contributed by atoms with E-state index in [9.17, 15) is 4.79 Å². The standard InChI is InChI=1S/C13H12N6OS2/c1-8-10(9-3-4-15-11(17-9)21-2)22-12(16-8)18-13(20)19-6-5-14-7-19/h3-7H,1-2H3,(H,16,18,20). The molecule has 0 saturated carbocycles. The maximum atomic E-state index is 12.0. The average molecular weight is 332 g/mol. The molecule has 112 valence electrons. The van der Waals surface area contributed by atoms with Gasteiger partial charge in [0.1, 0.15) is 6.33 Å². The van der Waals surface area contributed by atoms with E-state index in [4.69, 9.17) is 0 Å². The lowest BCUT2D eigenvalue weighted by molar-refractivity contribution is 0.253. The van der Waals surface area contributed by atoms with E-state index in [1.54, 1.807) is 18.6 Å². The summed E-state index contributed by atoms with van der Waals surface area (Å²) in [5.41, 5.74) is 1.62. The molecule has 3 aromatic heterocycles. The quantitative estimate of drug-likeness (QED) is 0.586. The smallest absolute Gasteiger partial charge is 0.283 e. The molecule has 0 aliphatic carbocycles. The van der Waals surface area contributed by atoms with Crippen LogP contribution in [0.25, 0.3) is 10.6 Å². The largest absolute Gasteiger partial charge is 0.333 e. The molecule has 0 unspecified atom stereocenters. The number of aromatic nitrogens is 5. The molecular weight excluding hydrogens is 320 g/mol. The Labute approximate surface area is 134 Å². The first-order valence-corrected chi connectivity index (χ1v) is 8.35. The number of aryl methyl sites for hydroxylation is 1. The lowest BCUT2D eigenvalue weighted by Crippen LogP contribution is -2.17. The third-order valence-electron chi connectivity index (χ3n) is 2.80. The van der Waals surface area contributed by atoms with Crippen molar-refractivity contribution in [2.75, 3.05) is 11.6 Å². The molecule has 1 amide bonds. The summed E-state index contributed by atoms with van der Waals surface area (Å²) in [5.74, 6) is 0. The van der Waals surface area contributed by atoms with Crippen LogP contribution in [0.1, 0.15) is 5.69 Å². The van der Waals surface area contributed by atoms with Crippen molar-refractivity contribution in [2.45, 2.75) is 12.1 Å². The first kappa shape index (κ1) is 14.7. The highest BCUT2D eigenvalue weighted by atomic mass is 32.2.